The standard InChI is InChI=1S/C25H32BrNO4/c1-24(2,18-27(4)31-22(28)19-11-7-6-8-12-19)15-10-16-25(3,23(29)30-5)20-13-9-14-21(26)17-20/h6-9,11-14,17H,10,15-16,18H2,1-5H3. The van der Waals surface area contributed by atoms with E-state index in [-0.39, 0.29) is 17.4 Å². The third-order valence-corrected chi connectivity index (χ3v) is 6.02. The number of nitrogens with zero attached hydrogens (tertiary/aromatic N) is 1. The van der Waals surface area contributed by atoms with Gasteiger partial charge in [0.1, 0.15) is 0 Å². The first-order valence-corrected chi connectivity index (χ1v) is 11.2. The molecule has 1 unspecified atom stereocenters. The van der Waals surface area contributed by atoms with Crippen LogP contribution in [0, 0.1) is 5.41 Å². The summed E-state index contributed by atoms with van der Waals surface area (Å²) in [6, 6.07) is 16.8. The summed E-state index contributed by atoms with van der Waals surface area (Å²) in [6.07, 6.45) is 2.35. The van der Waals surface area contributed by atoms with Crippen molar-refractivity contribution in [2.24, 2.45) is 5.41 Å². The molecule has 5 nitrogen and oxygen atoms in total. The van der Waals surface area contributed by atoms with Crippen molar-refractivity contribution in [3.63, 3.8) is 0 Å². The lowest BCUT2D eigenvalue weighted by atomic mass is 9.76. The lowest BCUT2D eigenvalue weighted by Gasteiger charge is -2.32. The number of hydroxylamine groups is 2. The molecule has 2 aromatic carbocycles. The zero-order chi connectivity index (χ0) is 23.1. The van der Waals surface area contributed by atoms with Crippen molar-refractivity contribution in [3.8, 4) is 0 Å². The Hall–Kier alpha value is -2.18. The molecule has 0 heterocycles. The highest BCUT2D eigenvalue weighted by molar-refractivity contribution is 9.10. The van der Waals surface area contributed by atoms with Gasteiger partial charge in [0, 0.05) is 18.1 Å². The van der Waals surface area contributed by atoms with Crippen LogP contribution >= 0.6 is 15.9 Å². The summed E-state index contributed by atoms with van der Waals surface area (Å²) < 4.78 is 6.06. The molecule has 6 heteroatoms. The van der Waals surface area contributed by atoms with Gasteiger partial charge in [0.15, 0.2) is 0 Å². The van der Waals surface area contributed by atoms with E-state index in [1.54, 1.807) is 24.2 Å². The van der Waals surface area contributed by atoms with E-state index in [1.807, 2.05) is 49.4 Å². The van der Waals surface area contributed by atoms with Gasteiger partial charge in [0.25, 0.3) is 0 Å². The van der Waals surface area contributed by atoms with Gasteiger partial charge in [-0.15, -0.1) is 5.06 Å². The maximum Gasteiger partial charge on any atom is 0.357 e. The van der Waals surface area contributed by atoms with Crippen LogP contribution in [0.1, 0.15) is 56.0 Å². The van der Waals surface area contributed by atoms with Crippen LogP contribution in [0.4, 0.5) is 0 Å². The fraction of sp³-hybridized carbons (Fsp3) is 0.440. The third kappa shape index (κ3) is 7.18. The van der Waals surface area contributed by atoms with E-state index in [2.05, 4.69) is 29.8 Å². The van der Waals surface area contributed by atoms with E-state index in [1.165, 1.54) is 7.11 Å². The highest BCUT2D eigenvalue weighted by atomic mass is 79.9. The van der Waals surface area contributed by atoms with E-state index in [0.29, 0.717) is 18.5 Å². The van der Waals surface area contributed by atoms with Crippen molar-refractivity contribution < 1.29 is 19.2 Å². The van der Waals surface area contributed by atoms with E-state index in [4.69, 9.17) is 9.57 Å². The number of esters is 1. The van der Waals surface area contributed by atoms with Crippen LogP contribution < -0.4 is 0 Å². The molecule has 0 amide bonds. The van der Waals surface area contributed by atoms with Gasteiger partial charge in [-0.3, -0.25) is 4.79 Å². The van der Waals surface area contributed by atoms with Gasteiger partial charge in [-0.1, -0.05) is 66.5 Å². The second-order valence-corrected chi connectivity index (χ2v) is 9.80. The fourth-order valence-electron chi connectivity index (χ4n) is 3.82. The smallest absolute Gasteiger partial charge is 0.357 e. The molecule has 1 atom stereocenters. The lowest BCUT2D eigenvalue weighted by Crippen LogP contribution is -2.36. The van der Waals surface area contributed by atoms with Gasteiger partial charge >= 0.3 is 11.9 Å². The molecule has 31 heavy (non-hydrogen) atoms. The molecule has 0 saturated carbocycles. The molecule has 0 fully saturated rings. The predicted octanol–water partition coefficient (Wildman–Crippen LogP) is 5.78. The second-order valence-electron chi connectivity index (χ2n) is 8.88. The average Bonchev–Trinajstić information content (AvgIpc) is 2.72. The third-order valence-electron chi connectivity index (χ3n) is 5.53. The highest BCUT2D eigenvalue weighted by Gasteiger charge is 2.36. The Labute approximate surface area is 193 Å². The first kappa shape index (κ1) is 25.1. The minimum atomic E-state index is -0.722. The van der Waals surface area contributed by atoms with Gasteiger partial charge in [-0.25, -0.2) is 4.79 Å². The zero-order valence-corrected chi connectivity index (χ0v) is 20.6. The van der Waals surface area contributed by atoms with Crippen molar-refractivity contribution in [2.75, 3.05) is 20.7 Å². The molecule has 0 aliphatic carbocycles. The predicted molar refractivity (Wildman–Crippen MR) is 126 cm³/mol. The molecular weight excluding hydrogens is 458 g/mol. The van der Waals surface area contributed by atoms with Crippen LogP contribution in [0.2, 0.25) is 0 Å². The van der Waals surface area contributed by atoms with Gasteiger partial charge in [-0.05, 0) is 55.0 Å². The minimum Gasteiger partial charge on any atom is -0.468 e. The number of ether oxygens (including phenoxy) is 1. The summed E-state index contributed by atoms with van der Waals surface area (Å²) in [5.41, 5.74) is 0.621. The van der Waals surface area contributed by atoms with E-state index in [9.17, 15) is 9.59 Å². The Bertz CT molecular complexity index is 884. The topological polar surface area (TPSA) is 55.8 Å². The van der Waals surface area contributed by atoms with Crippen molar-refractivity contribution in [1.82, 2.24) is 5.06 Å². The number of hydrogen-bond acceptors (Lipinski definition) is 5. The molecule has 0 radical (unpaired) electrons. The first-order chi connectivity index (χ1) is 14.6. The molecule has 2 rings (SSSR count). The van der Waals surface area contributed by atoms with Crippen LogP contribution in [0.25, 0.3) is 0 Å². The fourth-order valence-corrected chi connectivity index (χ4v) is 4.22. The van der Waals surface area contributed by atoms with Crippen molar-refractivity contribution >= 4 is 27.9 Å². The van der Waals surface area contributed by atoms with Gasteiger partial charge < -0.3 is 9.57 Å². The second kappa shape index (κ2) is 10.9. The van der Waals surface area contributed by atoms with Crippen LogP contribution in [-0.2, 0) is 19.8 Å². The Morgan fingerprint density at radius 1 is 1.00 bits per heavy atom. The molecule has 0 spiro atoms. The van der Waals surface area contributed by atoms with Gasteiger partial charge in [-0.2, -0.15) is 0 Å². The van der Waals surface area contributed by atoms with Crippen molar-refractivity contribution in [3.05, 3.63) is 70.2 Å². The Kier molecular flexibility index (Phi) is 8.83. The lowest BCUT2D eigenvalue weighted by molar-refractivity contribution is -0.147. The summed E-state index contributed by atoms with van der Waals surface area (Å²) >= 11 is 3.49. The number of carbonyl (C=O) groups is 2. The quantitative estimate of drug-likeness (QED) is 0.312. The molecule has 0 aliphatic rings. The van der Waals surface area contributed by atoms with E-state index < -0.39 is 5.41 Å². The molecular formula is C25H32BrNO4. The molecule has 0 N–H and O–H groups in total. The summed E-state index contributed by atoms with van der Waals surface area (Å²) in [5.74, 6) is -0.607. The summed E-state index contributed by atoms with van der Waals surface area (Å²) in [4.78, 5) is 30.4. The molecule has 0 aliphatic heterocycles. The molecule has 0 bridgehead atoms. The summed E-state index contributed by atoms with van der Waals surface area (Å²) in [6.45, 7) is 6.78. The summed E-state index contributed by atoms with van der Waals surface area (Å²) in [5, 5.41) is 1.59. The number of rotatable bonds is 10. The molecule has 2 aromatic rings. The highest BCUT2D eigenvalue weighted by Crippen LogP contribution is 2.35. The molecule has 168 valence electrons. The number of benzene rings is 2. The average molecular weight is 490 g/mol. The monoisotopic (exact) mass is 489 g/mol. The Balaban J connectivity index is 1.96. The van der Waals surface area contributed by atoms with Crippen LogP contribution in [0.15, 0.2) is 59.1 Å². The van der Waals surface area contributed by atoms with Crippen molar-refractivity contribution in [2.45, 2.75) is 45.4 Å². The number of hydrogen-bond donors (Lipinski definition) is 0. The first-order valence-electron chi connectivity index (χ1n) is 10.4. The maximum atomic E-state index is 12.6. The molecule has 0 aromatic heterocycles. The number of halogens is 1. The van der Waals surface area contributed by atoms with E-state index >= 15 is 0 Å². The zero-order valence-electron chi connectivity index (χ0n) is 19.0. The van der Waals surface area contributed by atoms with Crippen LogP contribution in [0.5, 0.6) is 0 Å². The van der Waals surface area contributed by atoms with Gasteiger partial charge in [0.2, 0.25) is 0 Å². The van der Waals surface area contributed by atoms with Crippen molar-refractivity contribution in [1.29, 1.82) is 0 Å². The normalized spacial score (nSPS) is 13.5. The largest absolute Gasteiger partial charge is 0.468 e. The Morgan fingerprint density at radius 3 is 2.29 bits per heavy atom. The summed E-state index contributed by atoms with van der Waals surface area (Å²) in [7, 11) is 3.20. The van der Waals surface area contributed by atoms with Crippen LogP contribution in [-0.4, -0.2) is 37.7 Å². The number of carbonyl (C=O) groups excluding carboxylic acids is 2. The minimum absolute atomic E-state index is 0.111. The molecule has 0 saturated heterocycles. The Morgan fingerprint density at radius 2 is 1.68 bits per heavy atom. The number of methoxy groups -OCH3 is 1. The van der Waals surface area contributed by atoms with Crippen LogP contribution in [0.3, 0.4) is 0 Å². The SMILES string of the molecule is COC(=O)C(C)(CCCC(C)(C)CN(C)OC(=O)c1ccccc1)c1cccc(Br)c1. The maximum absolute atomic E-state index is 12.6. The van der Waals surface area contributed by atoms with Gasteiger partial charge in [0.05, 0.1) is 18.1 Å². The van der Waals surface area contributed by atoms with E-state index in [0.717, 1.165) is 22.9 Å².